The van der Waals surface area contributed by atoms with Crippen LogP contribution < -0.4 is 11.1 Å². The van der Waals surface area contributed by atoms with E-state index >= 15 is 0 Å². The highest BCUT2D eigenvalue weighted by molar-refractivity contribution is 5.76. The number of hydrogen-bond donors (Lipinski definition) is 2. The molecule has 3 heteroatoms. The quantitative estimate of drug-likeness (QED) is 0.734. The first kappa shape index (κ1) is 10.9. The molecule has 2 saturated carbocycles. The Morgan fingerprint density at radius 3 is 2.80 bits per heavy atom. The SMILES string of the molecule is CC(N)CC(=O)NCC1CC2CCC1C2. The fourth-order valence-electron chi connectivity index (χ4n) is 3.24. The third-order valence-corrected chi connectivity index (χ3v) is 3.95. The van der Waals surface area contributed by atoms with Crippen molar-refractivity contribution in [3.05, 3.63) is 0 Å². The maximum atomic E-state index is 11.4. The van der Waals surface area contributed by atoms with Gasteiger partial charge in [0.05, 0.1) is 0 Å². The van der Waals surface area contributed by atoms with Crippen LogP contribution >= 0.6 is 0 Å². The van der Waals surface area contributed by atoms with Crippen LogP contribution in [0.4, 0.5) is 0 Å². The number of fused-ring (bicyclic) bond motifs is 2. The molecular weight excluding hydrogens is 188 g/mol. The lowest BCUT2D eigenvalue weighted by Crippen LogP contribution is -2.34. The Hall–Kier alpha value is -0.570. The van der Waals surface area contributed by atoms with Crippen molar-refractivity contribution in [1.82, 2.24) is 5.32 Å². The van der Waals surface area contributed by atoms with Crippen molar-refractivity contribution >= 4 is 5.91 Å². The van der Waals surface area contributed by atoms with E-state index in [0.29, 0.717) is 6.42 Å². The van der Waals surface area contributed by atoms with Crippen LogP contribution in [0.25, 0.3) is 0 Å². The minimum atomic E-state index is -0.0231. The molecule has 0 saturated heterocycles. The van der Waals surface area contributed by atoms with Gasteiger partial charge in [0.1, 0.15) is 0 Å². The topological polar surface area (TPSA) is 55.1 Å². The van der Waals surface area contributed by atoms with Gasteiger partial charge in [0.2, 0.25) is 5.91 Å². The number of nitrogens with one attached hydrogen (secondary N) is 1. The van der Waals surface area contributed by atoms with Gasteiger partial charge in [-0.15, -0.1) is 0 Å². The second-order valence-electron chi connectivity index (χ2n) is 5.42. The molecule has 4 atom stereocenters. The van der Waals surface area contributed by atoms with Crippen molar-refractivity contribution in [2.45, 2.75) is 45.1 Å². The second kappa shape index (κ2) is 4.52. The summed E-state index contributed by atoms with van der Waals surface area (Å²) in [7, 11) is 0. The molecule has 2 aliphatic carbocycles. The zero-order valence-electron chi connectivity index (χ0n) is 9.54. The first-order chi connectivity index (χ1) is 7.15. The van der Waals surface area contributed by atoms with Crippen LogP contribution in [0.2, 0.25) is 0 Å². The number of nitrogens with two attached hydrogens (primary N) is 1. The molecule has 3 N–H and O–H groups in total. The van der Waals surface area contributed by atoms with Crippen LogP contribution in [0.3, 0.4) is 0 Å². The van der Waals surface area contributed by atoms with Crippen molar-refractivity contribution < 1.29 is 4.79 Å². The highest BCUT2D eigenvalue weighted by Crippen LogP contribution is 2.47. The summed E-state index contributed by atoms with van der Waals surface area (Å²) < 4.78 is 0. The zero-order chi connectivity index (χ0) is 10.8. The summed E-state index contributed by atoms with van der Waals surface area (Å²) in [5, 5.41) is 3.02. The van der Waals surface area contributed by atoms with Gasteiger partial charge in [-0.2, -0.15) is 0 Å². The highest BCUT2D eigenvalue weighted by Gasteiger charge is 2.39. The summed E-state index contributed by atoms with van der Waals surface area (Å²) in [6, 6.07) is -0.0231. The van der Waals surface area contributed by atoms with Crippen LogP contribution in [-0.4, -0.2) is 18.5 Å². The van der Waals surface area contributed by atoms with Crippen LogP contribution in [-0.2, 0) is 4.79 Å². The lowest BCUT2D eigenvalue weighted by atomic mass is 9.89. The Labute approximate surface area is 91.8 Å². The first-order valence-corrected chi connectivity index (χ1v) is 6.17. The molecule has 0 aromatic heterocycles. The van der Waals surface area contributed by atoms with E-state index in [1.165, 1.54) is 25.7 Å². The largest absolute Gasteiger partial charge is 0.356 e. The number of carbonyl (C=O) groups is 1. The first-order valence-electron chi connectivity index (χ1n) is 6.17. The van der Waals surface area contributed by atoms with Gasteiger partial charge in [0, 0.05) is 19.0 Å². The Kier molecular flexibility index (Phi) is 3.29. The Morgan fingerprint density at radius 2 is 2.27 bits per heavy atom. The smallest absolute Gasteiger partial charge is 0.221 e. The number of amides is 1. The van der Waals surface area contributed by atoms with Crippen LogP contribution in [0.5, 0.6) is 0 Å². The molecular formula is C12H22N2O. The van der Waals surface area contributed by atoms with Gasteiger partial charge in [-0.25, -0.2) is 0 Å². The zero-order valence-corrected chi connectivity index (χ0v) is 9.54. The summed E-state index contributed by atoms with van der Waals surface area (Å²) in [5.41, 5.74) is 5.58. The molecule has 1 amide bonds. The third kappa shape index (κ3) is 2.71. The lowest BCUT2D eigenvalue weighted by Gasteiger charge is -2.22. The van der Waals surface area contributed by atoms with Gasteiger partial charge in [-0.3, -0.25) is 4.79 Å². The van der Waals surface area contributed by atoms with E-state index in [9.17, 15) is 4.79 Å². The average Bonchev–Trinajstić information content (AvgIpc) is 2.74. The Morgan fingerprint density at radius 1 is 1.47 bits per heavy atom. The molecule has 86 valence electrons. The fraction of sp³-hybridized carbons (Fsp3) is 0.917. The van der Waals surface area contributed by atoms with Crippen molar-refractivity contribution in [1.29, 1.82) is 0 Å². The maximum absolute atomic E-state index is 11.4. The van der Waals surface area contributed by atoms with Crippen molar-refractivity contribution in [2.24, 2.45) is 23.5 Å². The minimum absolute atomic E-state index is 0.0231. The van der Waals surface area contributed by atoms with E-state index in [-0.39, 0.29) is 11.9 Å². The van der Waals surface area contributed by atoms with Crippen LogP contribution in [0.1, 0.15) is 39.0 Å². The average molecular weight is 210 g/mol. The summed E-state index contributed by atoms with van der Waals surface area (Å²) in [6.45, 7) is 2.75. The molecule has 0 aromatic rings. The summed E-state index contributed by atoms with van der Waals surface area (Å²) in [5.74, 6) is 2.73. The second-order valence-corrected chi connectivity index (χ2v) is 5.42. The van der Waals surface area contributed by atoms with Gasteiger partial charge in [-0.1, -0.05) is 6.42 Å². The molecule has 0 aromatic carbocycles. The summed E-state index contributed by atoms with van der Waals surface area (Å²) >= 11 is 0. The number of rotatable bonds is 4. The maximum Gasteiger partial charge on any atom is 0.221 e. The van der Waals surface area contributed by atoms with E-state index in [1.54, 1.807) is 0 Å². The van der Waals surface area contributed by atoms with Gasteiger partial charge in [0.25, 0.3) is 0 Å². The van der Waals surface area contributed by atoms with Crippen LogP contribution in [0, 0.1) is 17.8 Å². The van der Waals surface area contributed by atoms with Crippen LogP contribution in [0.15, 0.2) is 0 Å². The highest BCUT2D eigenvalue weighted by atomic mass is 16.1. The minimum Gasteiger partial charge on any atom is -0.356 e. The van der Waals surface area contributed by atoms with Gasteiger partial charge in [-0.05, 0) is 43.9 Å². The van der Waals surface area contributed by atoms with Gasteiger partial charge < -0.3 is 11.1 Å². The van der Waals surface area contributed by atoms with Crippen molar-refractivity contribution in [2.75, 3.05) is 6.54 Å². The van der Waals surface area contributed by atoms with Gasteiger partial charge in [0.15, 0.2) is 0 Å². The normalized spacial score (nSPS) is 35.5. The summed E-state index contributed by atoms with van der Waals surface area (Å²) in [4.78, 5) is 11.4. The predicted molar refractivity (Wildman–Crippen MR) is 60.2 cm³/mol. The molecule has 0 aliphatic heterocycles. The summed E-state index contributed by atoms with van der Waals surface area (Å²) in [6.07, 6.45) is 6.02. The molecule has 2 aliphatic rings. The number of carbonyl (C=O) groups excluding carboxylic acids is 1. The molecule has 2 fully saturated rings. The van der Waals surface area contributed by atoms with E-state index in [0.717, 1.165) is 24.3 Å². The third-order valence-electron chi connectivity index (χ3n) is 3.95. The Balaban J connectivity index is 1.68. The van der Waals surface area contributed by atoms with E-state index < -0.39 is 0 Å². The van der Waals surface area contributed by atoms with Gasteiger partial charge >= 0.3 is 0 Å². The predicted octanol–water partition coefficient (Wildman–Crippen LogP) is 1.28. The molecule has 2 rings (SSSR count). The molecule has 2 bridgehead atoms. The van der Waals surface area contributed by atoms with Crippen molar-refractivity contribution in [3.63, 3.8) is 0 Å². The Bertz CT molecular complexity index is 240. The molecule has 4 unspecified atom stereocenters. The number of hydrogen-bond acceptors (Lipinski definition) is 2. The monoisotopic (exact) mass is 210 g/mol. The van der Waals surface area contributed by atoms with Crippen molar-refractivity contribution in [3.8, 4) is 0 Å². The lowest BCUT2D eigenvalue weighted by molar-refractivity contribution is -0.121. The van der Waals surface area contributed by atoms with E-state index in [4.69, 9.17) is 5.73 Å². The van der Waals surface area contributed by atoms with E-state index in [1.807, 2.05) is 6.92 Å². The fourth-order valence-corrected chi connectivity index (χ4v) is 3.24. The molecule has 0 radical (unpaired) electrons. The van der Waals surface area contributed by atoms with E-state index in [2.05, 4.69) is 5.32 Å². The molecule has 3 nitrogen and oxygen atoms in total. The standard InChI is InChI=1S/C12H22N2O/c1-8(13)4-12(15)14-7-11-6-9-2-3-10(11)5-9/h8-11H,2-7,13H2,1H3,(H,14,15). The molecule has 0 heterocycles. The molecule has 0 spiro atoms. The molecule has 15 heavy (non-hydrogen) atoms.